The minimum atomic E-state index is -1.80. The van der Waals surface area contributed by atoms with Crippen molar-refractivity contribution in [3.8, 4) is 18.2 Å². The van der Waals surface area contributed by atoms with Crippen molar-refractivity contribution in [2.24, 2.45) is 17.3 Å². The Morgan fingerprint density at radius 2 is 1.93 bits per heavy atom. The van der Waals surface area contributed by atoms with Crippen molar-refractivity contribution in [2.45, 2.75) is 19.3 Å². The number of nitro groups is 1. The van der Waals surface area contributed by atoms with Crippen molar-refractivity contribution in [1.82, 2.24) is 4.90 Å². The maximum atomic E-state index is 11.0. The highest BCUT2D eigenvalue weighted by molar-refractivity contribution is 6.00. The van der Waals surface area contributed by atoms with Crippen LogP contribution in [0, 0.1) is 66.8 Å². The van der Waals surface area contributed by atoms with Crippen LogP contribution in [0.3, 0.4) is 0 Å². The number of nitriles is 3. The second-order valence-electron chi connectivity index (χ2n) is 7.40. The quantitative estimate of drug-likeness (QED) is 0.477. The third-order valence-corrected chi connectivity index (χ3v) is 5.87. The molecule has 0 saturated heterocycles. The fourth-order valence-corrected chi connectivity index (χ4v) is 4.55. The first kappa shape index (κ1) is 20.2. The van der Waals surface area contributed by atoms with Gasteiger partial charge in [-0.2, -0.15) is 15.8 Å². The van der Waals surface area contributed by atoms with Gasteiger partial charge in [-0.1, -0.05) is 25.1 Å². The molecule has 1 fully saturated rings. The Labute approximate surface area is 168 Å². The van der Waals surface area contributed by atoms with Gasteiger partial charge in [0, 0.05) is 37.1 Å². The topological polar surface area (TPSA) is 142 Å². The van der Waals surface area contributed by atoms with Crippen LogP contribution in [0.1, 0.15) is 24.8 Å². The lowest BCUT2D eigenvalue weighted by molar-refractivity contribution is -0.384. The zero-order chi connectivity index (χ0) is 21.2. The molecule has 0 bridgehead atoms. The van der Waals surface area contributed by atoms with Gasteiger partial charge in [0.05, 0.1) is 28.8 Å². The predicted octanol–water partition coefficient (Wildman–Crippen LogP) is 3.15. The van der Waals surface area contributed by atoms with Crippen LogP contribution in [0.2, 0.25) is 0 Å². The van der Waals surface area contributed by atoms with Gasteiger partial charge in [-0.3, -0.25) is 15.0 Å². The molecule has 8 heteroatoms. The zero-order valence-corrected chi connectivity index (χ0v) is 16.0. The van der Waals surface area contributed by atoms with E-state index in [1.165, 1.54) is 12.1 Å². The molecule has 0 amide bonds. The summed E-state index contributed by atoms with van der Waals surface area (Å²) in [6.07, 6.45) is 2.89. The molecule has 1 aromatic carbocycles. The number of nitrogens with one attached hydrogen (secondary N) is 1. The molecule has 3 rings (SSSR count). The van der Waals surface area contributed by atoms with E-state index in [0.29, 0.717) is 18.7 Å². The molecule has 0 aromatic heterocycles. The molecular weight excluding hydrogens is 368 g/mol. The van der Waals surface area contributed by atoms with Crippen molar-refractivity contribution in [3.05, 3.63) is 51.6 Å². The summed E-state index contributed by atoms with van der Waals surface area (Å²) in [5.41, 5.74) is -0.724. The normalized spacial score (nSPS) is 25.7. The first-order valence-corrected chi connectivity index (χ1v) is 9.41. The molecule has 0 spiro atoms. The summed E-state index contributed by atoms with van der Waals surface area (Å²) in [6.45, 7) is 4.13. The Hall–Kier alpha value is -3.54. The molecule has 1 aliphatic heterocycles. The highest BCUT2D eigenvalue weighted by atomic mass is 16.6. The van der Waals surface area contributed by atoms with E-state index in [0.717, 1.165) is 18.5 Å². The molecule has 1 saturated carbocycles. The molecule has 1 heterocycles. The SMILES string of the molecule is CCCN1CC=C2C(C#N)C(=N)C(C#N)(C#N)[C@@H](c3ccc([N+](=O)[O-])cc3)[C@@H]2C1. The molecule has 29 heavy (non-hydrogen) atoms. The predicted molar refractivity (Wildman–Crippen MR) is 105 cm³/mol. The number of benzene rings is 1. The van der Waals surface area contributed by atoms with Gasteiger partial charge in [0.1, 0.15) is 5.92 Å². The largest absolute Gasteiger partial charge is 0.305 e. The van der Waals surface area contributed by atoms with Crippen LogP contribution in [0.5, 0.6) is 0 Å². The van der Waals surface area contributed by atoms with Crippen LogP contribution in [0.4, 0.5) is 5.69 Å². The van der Waals surface area contributed by atoms with Crippen LogP contribution < -0.4 is 0 Å². The second kappa shape index (κ2) is 7.83. The lowest BCUT2D eigenvalue weighted by atomic mass is 9.54. The van der Waals surface area contributed by atoms with Crippen molar-refractivity contribution < 1.29 is 4.92 Å². The molecule has 146 valence electrons. The highest BCUT2D eigenvalue weighted by Gasteiger charge is 2.57. The number of non-ortho nitro benzene ring substituents is 1. The average Bonchev–Trinajstić information content (AvgIpc) is 2.73. The van der Waals surface area contributed by atoms with Gasteiger partial charge < -0.3 is 5.41 Å². The molecule has 8 nitrogen and oxygen atoms in total. The number of hydrogen-bond donors (Lipinski definition) is 1. The van der Waals surface area contributed by atoms with E-state index in [-0.39, 0.29) is 17.3 Å². The Bertz CT molecular complexity index is 978. The number of rotatable bonds is 4. The number of hydrogen-bond acceptors (Lipinski definition) is 7. The van der Waals surface area contributed by atoms with Gasteiger partial charge in [-0.05, 0) is 24.1 Å². The van der Waals surface area contributed by atoms with E-state index < -0.39 is 22.2 Å². The summed E-state index contributed by atoms with van der Waals surface area (Å²) in [5, 5.41) is 49.3. The number of nitrogens with zero attached hydrogens (tertiary/aromatic N) is 5. The van der Waals surface area contributed by atoms with E-state index in [4.69, 9.17) is 5.41 Å². The van der Waals surface area contributed by atoms with Gasteiger partial charge >= 0.3 is 0 Å². The maximum absolute atomic E-state index is 11.0. The van der Waals surface area contributed by atoms with E-state index in [1.807, 2.05) is 18.2 Å². The van der Waals surface area contributed by atoms with Crippen LogP contribution in [0.15, 0.2) is 35.9 Å². The van der Waals surface area contributed by atoms with Gasteiger partial charge in [0.25, 0.3) is 5.69 Å². The smallest absolute Gasteiger partial charge is 0.269 e. The van der Waals surface area contributed by atoms with Gasteiger partial charge in [-0.25, -0.2) is 0 Å². The molecule has 3 atom stereocenters. The summed E-state index contributed by atoms with van der Waals surface area (Å²) in [6, 6.07) is 12.0. The maximum Gasteiger partial charge on any atom is 0.269 e. The lowest BCUT2D eigenvalue weighted by Crippen LogP contribution is -2.52. The average molecular weight is 388 g/mol. The van der Waals surface area contributed by atoms with Crippen molar-refractivity contribution in [2.75, 3.05) is 19.6 Å². The molecular formula is C21H20N6O2. The summed E-state index contributed by atoms with van der Waals surface area (Å²) < 4.78 is 0. The first-order chi connectivity index (χ1) is 13.9. The van der Waals surface area contributed by atoms with Crippen molar-refractivity contribution >= 4 is 11.4 Å². The summed E-state index contributed by atoms with van der Waals surface area (Å²) in [7, 11) is 0. The van der Waals surface area contributed by atoms with E-state index in [2.05, 4.69) is 17.9 Å². The molecule has 1 N–H and O–H groups in total. The van der Waals surface area contributed by atoms with Gasteiger partial charge in [0.2, 0.25) is 0 Å². The van der Waals surface area contributed by atoms with Crippen LogP contribution in [-0.4, -0.2) is 35.2 Å². The minimum Gasteiger partial charge on any atom is -0.305 e. The fourth-order valence-electron chi connectivity index (χ4n) is 4.55. The Morgan fingerprint density at radius 1 is 1.28 bits per heavy atom. The Balaban J connectivity index is 2.19. The van der Waals surface area contributed by atoms with E-state index in [9.17, 15) is 25.9 Å². The van der Waals surface area contributed by atoms with E-state index in [1.54, 1.807) is 12.1 Å². The first-order valence-electron chi connectivity index (χ1n) is 9.41. The standard InChI is InChI=1S/C21H20N6O2/c1-2-8-26-9-7-16-17(10-22)20(25)21(12-23,13-24)19(18(16)11-26)14-3-5-15(6-4-14)27(28)29/h3-7,17-19,25H,2,8-9,11H2,1H3/t17?,18-,19+/m1/s1. The number of nitro benzene ring substituents is 1. The highest BCUT2D eigenvalue weighted by Crippen LogP contribution is 2.53. The molecule has 1 aliphatic carbocycles. The van der Waals surface area contributed by atoms with Crippen molar-refractivity contribution in [1.29, 1.82) is 21.2 Å². The zero-order valence-electron chi connectivity index (χ0n) is 16.0. The summed E-state index contributed by atoms with van der Waals surface area (Å²) >= 11 is 0. The van der Waals surface area contributed by atoms with Crippen LogP contribution in [0.25, 0.3) is 0 Å². The monoisotopic (exact) mass is 388 g/mol. The summed E-state index contributed by atoms with van der Waals surface area (Å²) in [5.74, 6) is -1.88. The fraction of sp³-hybridized carbons (Fsp3) is 0.429. The second-order valence-corrected chi connectivity index (χ2v) is 7.40. The van der Waals surface area contributed by atoms with Crippen molar-refractivity contribution in [3.63, 3.8) is 0 Å². The third kappa shape index (κ3) is 3.16. The van der Waals surface area contributed by atoms with Gasteiger partial charge in [0.15, 0.2) is 5.41 Å². The van der Waals surface area contributed by atoms with E-state index >= 15 is 0 Å². The Kier molecular flexibility index (Phi) is 5.46. The lowest BCUT2D eigenvalue weighted by Gasteiger charge is -2.47. The number of fused-ring (bicyclic) bond motifs is 1. The molecule has 1 aromatic rings. The Morgan fingerprint density at radius 3 is 2.45 bits per heavy atom. The van der Waals surface area contributed by atoms with Crippen LogP contribution >= 0.6 is 0 Å². The molecule has 2 aliphatic rings. The molecule has 1 unspecified atom stereocenters. The van der Waals surface area contributed by atoms with Gasteiger partial charge in [-0.15, -0.1) is 0 Å². The van der Waals surface area contributed by atoms with Crippen LogP contribution in [-0.2, 0) is 0 Å². The molecule has 0 radical (unpaired) electrons. The minimum absolute atomic E-state index is 0.0823. The summed E-state index contributed by atoms with van der Waals surface area (Å²) in [4.78, 5) is 12.7. The third-order valence-electron chi connectivity index (χ3n) is 5.87.